The third-order valence-electron chi connectivity index (χ3n) is 3.83. The zero-order valence-electron chi connectivity index (χ0n) is 13.1. The lowest BCUT2D eigenvalue weighted by atomic mass is 10.1. The SMILES string of the molecule is Cc1ccn(CCC(C)C)c(=O)c1C(=O)N1CCSCC1. The average molecular weight is 308 g/mol. The molecular formula is C16H24N2O2S. The molecule has 116 valence electrons. The molecule has 2 heterocycles. The number of carbonyl (C=O) groups excluding carboxylic acids is 1. The lowest BCUT2D eigenvalue weighted by Crippen LogP contribution is -2.41. The minimum absolute atomic E-state index is 0.100. The molecule has 1 aromatic rings. The van der Waals surface area contributed by atoms with Gasteiger partial charge in [0.1, 0.15) is 5.56 Å². The Balaban J connectivity index is 2.27. The molecule has 0 unspecified atom stereocenters. The Kier molecular flexibility index (Phi) is 5.51. The van der Waals surface area contributed by atoms with Crippen LogP contribution in [0, 0.1) is 12.8 Å². The Morgan fingerprint density at radius 3 is 2.62 bits per heavy atom. The van der Waals surface area contributed by atoms with Crippen LogP contribution in [0.3, 0.4) is 0 Å². The molecule has 4 nitrogen and oxygen atoms in total. The van der Waals surface area contributed by atoms with E-state index in [0.29, 0.717) is 18.0 Å². The van der Waals surface area contributed by atoms with Crippen molar-refractivity contribution in [2.45, 2.75) is 33.7 Å². The highest BCUT2D eigenvalue weighted by molar-refractivity contribution is 7.99. The Morgan fingerprint density at radius 2 is 2.00 bits per heavy atom. The molecule has 1 aromatic heterocycles. The Morgan fingerprint density at radius 1 is 1.33 bits per heavy atom. The first-order valence-corrected chi connectivity index (χ1v) is 8.73. The Hall–Kier alpha value is -1.23. The molecule has 1 fully saturated rings. The highest BCUT2D eigenvalue weighted by Crippen LogP contribution is 2.13. The fourth-order valence-corrected chi connectivity index (χ4v) is 3.33. The third-order valence-corrected chi connectivity index (χ3v) is 4.78. The van der Waals surface area contributed by atoms with Crippen LogP contribution in [-0.4, -0.2) is 40.0 Å². The van der Waals surface area contributed by atoms with Crippen LogP contribution in [0.5, 0.6) is 0 Å². The molecule has 5 heteroatoms. The summed E-state index contributed by atoms with van der Waals surface area (Å²) < 4.78 is 1.68. The molecule has 0 saturated carbocycles. The number of nitrogens with zero attached hydrogens (tertiary/aromatic N) is 2. The first kappa shape index (κ1) is 16.1. The lowest BCUT2D eigenvalue weighted by Gasteiger charge is -2.27. The number of pyridine rings is 1. The fraction of sp³-hybridized carbons (Fsp3) is 0.625. The summed E-state index contributed by atoms with van der Waals surface area (Å²) >= 11 is 1.86. The molecule has 1 aliphatic heterocycles. The van der Waals surface area contributed by atoms with Crippen LogP contribution in [-0.2, 0) is 6.54 Å². The van der Waals surface area contributed by atoms with Gasteiger partial charge in [-0.1, -0.05) is 13.8 Å². The van der Waals surface area contributed by atoms with Crippen molar-refractivity contribution in [3.05, 3.63) is 33.7 Å². The molecule has 0 N–H and O–H groups in total. The summed E-state index contributed by atoms with van der Waals surface area (Å²) in [6.07, 6.45) is 2.75. The number of thioether (sulfide) groups is 1. The van der Waals surface area contributed by atoms with Crippen molar-refractivity contribution in [3.8, 4) is 0 Å². The summed E-state index contributed by atoms with van der Waals surface area (Å²) in [4.78, 5) is 27.0. The zero-order valence-corrected chi connectivity index (χ0v) is 13.9. The van der Waals surface area contributed by atoms with E-state index >= 15 is 0 Å². The van der Waals surface area contributed by atoms with Crippen LogP contribution in [0.4, 0.5) is 0 Å². The van der Waals surface area contributed by atoms with Crippen LogP contribution >= 0.6 is 11.8 Å². The quantitative estimate of drug-likeness (QED) is 0.858. The molecule has 0 atom stereocenters. The number of amides is 1. The zero-order chi connectivity index (χ0) is 15.4. The van der Waals surface area contributed by atoms with Crippen molar-refractivity contribution in [3.63, 3.8) is 0 Å². The van der Waals surface area contributed by atoms with Crippen LogP contribution in [0.15, 0.2) is 17.1 Å². The van der Waals surface area contributed by atoms with Crippen LogP contribution in [0.25, 0.3) is 0 Å². The normalized spacial score (nSPS) is 15.5. The van der Waals surface area contributed by atoms with Crippen molar-refractivity contribution < 1.29 is 4.79 Å². The maximum Gasteiger partial charge on any atom is 0.263 e. The van der Waals surface area contributed by atoms with E-state index in [0.717, 1.165) is 36.6 Å². The van der Waals surface area contributed by atoms with E-state index in [1.165, 1.54) is 0 Å². The number of carbonyl (C=O) groups is 1. The molecule has 2 rings (SSSR count). The molecule has 1 amide bonds. The van der Waals surface area contributed by atoms with Gasteiger partial charge in [0.25, 0.3) is 11.5 Å². The number of aromatic nitrogens is 1. The second kappa shape index (κ2) is 7.16. The van der Waals surface area contributed by atoms with Gasteiger partial charge in [-0.25, -0.2) is 0 Å². The summed E-state index contributed by atoms with van der Waals surface area (Å²) in [5.74, 6) is 2.35. The maximum atomic E-state index is 12.6. The summed E-state index contributed by atoms with van der Waals surface area (Å²) in [5.41, 5.74) is 0.996. The smallest absolute Gasteiger partial charge is 0.263 e. The first-order valence-electron chi connectivity index (χ1n) is 7.57. The Bertz CT molecular complexity index is 560. The van der Waals surface area contributed by atoms with E-state index in [4.69, 9.17) is 0 Å². The molecule has 0 aromatic carbocycles. The molecule has 21 heavy (non-hydrogen) atoms. The number of rotatable bonds is 4. The van der Waals surface area contributed by atoms with Gasteiger partial charge in [0.2, 0.25) is 0 Å². The van der Waals surface area contributed by atoms with Gasteiger partial charge in [0.05, 0.1) is 0 Å². The average Bonchev–Trinajstić information content (AvgIpc) is 2.47. The third kappa shape index (κ3) is 3.90. The molecule has 0 aliphatic carbocycles. The van der Waals surface area contributed by atoms with Gasteiger partial charge in [-0.15, -0.1) is 0 Å². The van der Waals surface area contributed by atoms with Crippen molar-refractivity contribution in [1.29, 1.82) is 0 Å². The second-order valence-electron chi connectivity index (χ2n) is 5.96. The van der Waals surface area contributed by atoms with E-state index in [1.54, 1.807) is 4.57 Å². The summed E-state index contributed by atoms with van der Waals surface area (Å²) in [6, 6.07) is 1.88. The van der Waals surface area contributed by atoms with Gasteiger partial charge >= 0.3 is 0 Å². The van der Waals surface area contributed by atoms with E-state index in [-0.39, 0.29) is 11.5 Å². The van der Waals surface area contributed by atoms with Gasteiger partial charge in [0.15, 0.2) is 0 Å². The summed E-state index contributed by atoms with van der Waals surface area (Å²) in [6.45, 7) is 8.27. The Labute approximate surface area is 130 Å². The van der Waals surface area contributed by atoms with E-state index in [2.05, 4.69) is 13.8 Å². The van der Waals surface area contributed by atoms with Gasteiger partial charge in [-0.3, -0.25) is 9.59 Å². The van der Waals surface area contributed by atoms with Gasteiger partial charge in [-0.2, -0.15) is 11.8 Å². The van der Waals surface area contributed by atoms with E-state index < -0.39 is 0 Å². The van der Waals surface area contributed by atoms with Crippen molar-refractivity contribution in [1.82, 2.24) is 9.47 Å². The van der Waals surface area contributed by atoms with Crippen LogP contribution in [0.2, 0.25) is 0 Å². The van der Waals surface area contributed by atoms with Gasteiger partial charge < -0.3 is 9.47 Å². The lowest BCUT2D eigenvalue weighted by molar-refractivity contribution is 0.0769. The summed E-state index contributed by atoms with van der Waals surface area (Å²) in [5, 5.41) is 0. The van der Waals surface area contributed by atoms with Crippen molar-refractivity contribution in [2.24, 2.45) is 5.92 Å². The topological polar surface area (TPSA) is 42.3 Å². The number of hydrogen-bond acceptors (Lipinski definition) is 3. The minimum atomic E-state index is -0.140. The first-order chi connectivity index (χ1) is 10.0. The van der Waals surface area contributed by atoms with Crippen molar-refractivity contribution in [2.75, 3.05) is 24.6 Å². The van der Waals surface area contributed by atoms with E-state index in [1.807, 2.05) is 35.8 Å². The largest absolute Gasteiger partial charge is 0.337 e. The van der Waals surface area contributed by atoms with E-state index in [9.17, 15) is 9.59 Å². The minimum Gasteiger partial charge on any atom is -0.337 e. The van der Waals surface area contributed by atoms with Gasteiger partial charge in [-0.05, 0) is 30.9 Å². The molecule has 1 aliphatic rings. The second-order valence-corrected chi connectivity index (χ2v) is 7.18. The van der Waals surface area contributed by atoms with Crippen LogP contribution in [0.1, 0.15) is 36.2 Å². The molecular weight excluding hydrogens is 284 g/mol. The number of aryl methyl sites for hydroxylation is 2. The number of hydrogen-bond donors (Lipinski definition) is 0. The van der Waals surface area contributed by atoms with Crippen molar-refractivity contribution >= 4 is 17.7 Å². The molecule has 1 saturated heterocycles. The summed E-state index contributed by atoms with van der Waals surface area (Å²) in [7, 11) is 0. The highest BCUT2D eigenvalue weighted by Gasteiger charge is 2.23. The van der Waals surface area contributed by atoms with Crippen LogP contribution < -0.4 is 5.56 Å². The molecule has 0 bridgehead atoms. The molecule has 0 radical (unpaired) electrons. The predicted octanol–water partition coefficient (Wildman–Crippen LogP) is 2.39. The highest BCUT2D eigenvalue weighted by atomic mass is 32.2. The standard InChI is InChI=1S/C16H24N2O2S/c1-12(2)4-6-17-7-5-13(3)14(15(17)19)16(20)18-8-10-21-11-9-18/h5,7,12H,4,6,8-11H2,1-3H3. The fourth-order valence-electron chi connectivity index (χ4n) is 2.42. The molecule has 0 spiro atoms. The predicted molar refractivity (Wildman–Crippen MR) is 88.1 cm³/mol. The van der Waals surface area contributed by atoms with Gasteiger partial charge in [0, 0.05) is 37.3 Å². The monoisotopic (exact) mass is 308 g/mol. The maximum absolute atomic E-state index is 12.6.